The molecule has 0 fully saturated rings. The largest absolute Gasteiger partial charge is 0.457 e. The molecule has 0 aliphatic rings. The number of rotatable bonds is 5. The minimum atomic E-state index is 0.191. The summed E-state index contributed by atoms with van der Waals surface area (Å²) in [5, 5.41) is 0. The van der Waals surface area contributed by atoms with Gasteiger partial charge in [-0.25, -0.2) is 0 Å². The molecule has 0 aromatic heterocycles. The first-order valence-electron chi connectivity index (χ1n) is 7.23. The van der Waals surface area contributed by atoms with Crippen LogP contribution in [0.25, 0.3) is 0 Å². The quantitative estimate of drug-likeness (QED) is 0.786. The molecule has 2 aromatic carbocycles. The van der Waals surface area contributed by atoms with Crippen molar-refractivity contribution in [2.24, 2.45) is 5.73 Å². The average molecular weight is 348 g/mol. The van der Waals surface area contributed by atoms with Crippen LogP contribution in [0.1, 0.15) is 38.3 Å². The van der Waals surface area contributed by atoms with Crippen molar-refractivity contribution in [2.45, 2.75) is 39.2 Å². The lowest BCUT2D eigenvalue weighted by Crippen LogP contribution is -2.14. The van der Waals surface area contributed by atoms with Crippen LogP contribution in [0.15, 0.2) is 46.9 Å². The third-order valence-corrected chi connectivity index (χ3v) is 4.49. The van der Waals surface area contributed by atoms with Gasteiger partial charge < -0.3 is 10.5 Å². The molecular weight excluding hydrogens is 326 g/mol. The molecule has 21 heavy (non-hydrogen) atoms. The van der Waals surface area contributed by atoms with Crippen molar-refractivity contribution in [3.8, 4) is 11.5 Å². The molecule has 0 aliphatic carbocycles. The van der Waals surface area contributed by atoms with Crippen LogP contribution in [0.4, 0.5) is 0 Å². The Morgan fingerprint density at radius 2 is 1.76 bits per heavy atom. The Hall–Kier alpha value is -1.32. The van der Waals surface area contributed by atoms with Crippen molar-refractivity contribution in [3.63, 3.8) is 0 Å². The smallest absolute Gasteiger partial charge is 0.133 e. The van der Waals surface area contributed by atoms with Crippen molar-refractivity contribution in [1.29, 1.82) is 0 Å². The van der Waals surface area contributed by atoms with Crippen LogP contribution in [0.5, 0.6) is 11.5 Å². The van der Waals surface area contributed by atoms with Gasteiger partial charge in [-0.1, -0.05) is 54.9 Å². The number of halogens is 1. The van der Waals surface area contributed by atoms with E-state index in [0.29, 0.717) is 6.54 Å². The number of benzene rings is 2. The summed E-state index contributed by atoms with van der Waals surface area (Å²) in [6.07, 6.45) is 1.11. The zero-order valence-electron chi connectivity index (χ0n) is 12.8. The van der Waals surface area contributed by atoms with Crippen LogP contribution in [-0.4, -0.2) is 0 Å². The maximum Gasteiger partial charge on any atom is 0.133 e. The van der Waals surface area contributed by atoms with Crippen LogP contribution < -0.4 is 10.5 Å². The first-order chi connectivity index (χ1) is 9.96. The summed E-state index contributed by atoms with van der Waals surface area (Å²) in [6, 6.07) is 14.2. The van der Waals surface area contributed by atoms with Gasteiger partial charge in [-0.2, -0.15) is 0 Å². The van der Waals surface area contributed by atoms with E-state index in [0.717, 1.165) is 28.0 Å². The monoisotopic (exact) mass is 347 g/mol. The molecule has 112 valence electrons. The molecule has 2 N–H and O–H groups in total. The Morgan fingerprint density at radius 3 is 2.33 bits per heavy atom. The van der Waals surface area contributed by atoms with E-state index in [1.807, 2.05) is 30.3 Å². The van der Waals surface area contributed by atoms with E-state index in [1.54, 1.807) is 0 Å². The van der Waals surface area contributed by atoms with Gasteiger partial charge in [0.25, 0.3) is 0 Å². The maximum absolute atomic E-state index is 5.97. The van der Waals surface area contributed by atoms with Crippen molar-refractivity contribution < 1.29 is 4.74 Å². The van der Waals surface area contributed by atoms with E-state index in [2.05, 4.69) is 48.8 Å². The normalized spacial score (nSPS) is 11.5. The fourth-order valence-corrected chi connectivity index (χ4v) is 2.44. The highest BCUT2D eigenvalue weighted by molar-refractivity contribution is 9.10. The summed E-state index contributed by atoms with van der Waals surface area (Å²) in [7, 11) is 0. The minimum absolute atomic E-state index is 0.191. The second-order valence-corrected chi connectivity index (χ2v) is 6.74. The third kappa shape index (κ3) is 3.86. The fraction of sp³-hybridized carbons (Fsp3) is 0.333. The fourth-order valence-electron chi connectivity index (χ4n) is 2.10. The summed E-state index contributed by atoms with van der Waals surface area (Å²) in [5.41, 5.74) is 8.27. The van der Waals surface area contributed by atoms with Crippen LogP contribution in [0.3, 0.4) is 0 Å². The molecule has 0 atom stereocenters. The Labute approximate surface area is 135 Å². The van der Waals surface area contributed by atoms with Crippen LogP contribution in [-0.2, 0) is 12.0 Å². The molecule has 0 spiro atoms. The molecule has 2 nitrogen and oxygen atoms in total. The predicted octanol–water partition coefficient (Wildman–Crippen LogP) is 5.39. The van der Waals surface area contributed by atoms with Crippen molar-refractivity contribution >= 4 is 15.9 Å². The standard InChI is InChI=1S/C18H22BrNO/c1-4-18(2,3)14-6-9-16(10-7-14)21-17-11-15(19)8-5-13(17)12-20/h5-11H,4,12,20H2,1-3H3. The van der Waals surface area contributed by atoms with E-state index < -0.39 is 0 Å². The van der Waals surface area contributed by atoms with Crippen LogP contribution in [0.2, 0.25) is 0 Å². The Balaban J connectivity index is 2.23. The molecular formula is C18H22BrNO. The van der Waals surface area contributed by atoms with Gasteiger partial charge in [-0.05, 0) is 41.7 Å². The lowest BCUT2D eigenvalue weighted by molar-refractivity contribution is 0.472. The topological polar surface area (TPSA) is 35.2 Å². The molecule has 2 aromatic rings. The Kier molecular flexibility index (Phi) is 5.07. The molecule has 0 aliphatic heterocycles. The average Bonchev–Trinajstić information content (AvgIpc) is 2.48. The lowest BCUT2D eigenvalue weighted by Gasteiger charge is -2.23. The van der Waals surface area contributed by atoms with Gasteiger partial charge >= 0.3 is 0 Å². The third-order valence-electron chi connectivity index (χ3n) is 4.00. The summed E-state index contributed by atoms with van der Waals surface area (Å²) in [4.78, 5) is 0. The van der Waals surface area contributed by atoms with Gasteiger partial charge in [0, 0.05) is 16.6 Å². The van der Waals surface area contributed by atoms with Gasteiger partial charge in [-0.15, -0.1) is 0 Å². The van der Waals surface area contributed by atoms with Crippen molar-refractivity contribution in [3.05, 3.63) is 58.1 Å². The molecule has 0 unspecified atom stereocenters. The number of hydrogen-bond acceptors (Lipinski definition) is 2. The zero-order chi connectivity index (χ0) is 15.5. The Bertz CT molecular complexity index is 605. The molecule has 0 heterocycles. The van der Waals surface area contributed by atoms with Crippen LogP contribution >= 0.6 is 15.9 Å². The van der Waals surface area contributed by atoms with E-state index >= 15 is 0 Å². The highest BCUT2D eigenvalue weighted by Crippen LogP contribution is 2.31. The highest BCUT2D eigenvalue weighted by atomic mass is 79.9. The number of hydrogen-bond donors (Lipinski definition) is 1. The predicted molar refractivity (Wildman–Crippen MR) is 91.9 cm³/mol. The summed E-state index contributed by atoms with van der Waals surface area (Å²) >= 11 is 3.47. The summed E-state index contributed by atoms with van der Waals surface area (Å²) < 4.78 is 6.96. The number of nitrogens with two attached hydrogens (primary N) is 1. The second kappa shape index (κ2) is 6.63. The van der Waals surface area contributed by atoms with E-state index in [4.69, 9.17) is 10.5 Å². The molecule has 3 heteroatoms. The molecule has 0 saturated heterocycles. The van der Waals surface area contributed by atoms with Crippen molar-refractivity contribution in [1.82, 2.24) is 0 Å². The first kappa shape index (κ1) is 16.1. The van der Waals surface area contributed by atoms with Gasteiger partial charge in [0.15, 0.2) is 0 Å². The summed E-state index contributed by atoms with van der Waals surface area (Å²) in [5.74, 6) is 1.63. The lowest BCUT2D eigenvalue weighted by atomic mass is 9.82. The Morgan fingerprint density at radius 1 is 1.10 bits per heavy atom. The minimum Gasteiger partial charge on any atom is -0.457 e. The molecule has 2 rings (SSSR count). The highest BCUT2D eigenvalue weighted by Gasteiger charge is 2.17. The number of ether oxygens (including phenoxy) is 1. The zero-order valence-corrected chi connectivity index (χ0v) is 14.4. The second-order valence-electron chi connectivity index (χ2n) is 5.82. The van der Waals surface area contributed by atoms with E-state index in [1.165, 1.54) is 5.56 Å². The first-order valence-corrected chi connectivity index (χ1v) is 8.02. The van der Waals surface area contributed by atoms with Crippen LogP contribution in [0, 0.1) is 0 Å². The van der Waals surface area contributed by atoms with Gasteiger partial charge in [0.1, 0.15) is 11.5 Å². The molecule has 0 radical (unpaired) electrons. The SMILES string of the molecule is CCC(C)(C)c1ccc(Oc2cc(Br)ccc2CN)cc1. The summed E-state index contributed by atoms with van der Waals surface area (Å²) in [6.45, 7) is 7.18. The van der Waals surface area contributed by atoms with E-state index in [9.17, 15) is 0 Å². The van der Waals surface area contributed by atoms with Gasteiger partial charge in [0.2, 0.25) is 0 Å². The molecule has 0 saturated carbocycles. The molecule has 0 amide bonds. The van der Waals surface area contributed by atoms with Crippen molar-refractivity contribution in [2.75, 3.05) is 0 Å². The maximum atomic E-state index is 5.97. The molecule has 0 bridgehead atoms. The van der Waals surface area contributed by atoms with Gasteiger partial charge in [0.05, 0.1) is 0 Å². The van der Waals surface area contributed by atoms with E-state index in [-0.39, 0.29) is 5.41 Å². The van der Waals surface area contributed by atoms with Gasteiger partial charge in [-0.3, -0.25) is 0 Å².